The van der Waals surface area contributed by atoms with Crippen molar-refractivity contribution in [1.29, 1.82) is 0 Å². The van der Waals surface area contributed by atoms with E-state index in [9.17, 15) is 14.7 Å². The molecule has 1 saturated carbocycles. The Bertz CT molecular complexity index is 336. The number of nitrogens with zero attached hydrogens (tertiary/aromatic N) is 2. The quantitative estimate of drug-likeness (QED) is 0.737. The van der Waals surface area contributed by atoms with E-state index in [4.69, 9.17) is 5.11 Å². The van der Waals surface area contributed by atoms with Gasteiger partial charge in [0.1, 0.15) is 0 Å². The first-order valence-corrected chi connectivity index (χ1v) is 6.57. The number of likely N-dealkylation sites (N-methyl/N-ethyl adjacent to an activating group) is 2. The summed E-state index contributed by atoms with van der Waals surface area (Å²) in [4.78, 5) is 25.7. The van der Waals surface area contributed by atoms with Crippen LogP contribution in [-0.2, 0) is 9.59 Å². The largest absolute Gasteiger partial charge is 0.481 e. The van der Waals surface area contributed by atoms with Gasteiger partial charge in [-0.25, -0.2) is 0 Å². The van der Waals surface area contributed by atoms with Gasteiger partial charge in [-0.3, -0.25) is 14.5 Å². The Morgan fingerprint density at radius 1 is 1.21 bits per heavy atom. The van der Waals surface area contributed by atoms with Crippen molar-refractivity contribution in [2.45, 2.75) is 31.3 Å². The third-order valence-corrected chi connectivity index (χ3v) is 3.73. The minimum Gasteiger partial charge on any atom is -0.481 e. The van der Waals surface area contributed by atoms with Crippen molar-refractivity contribution in [2.75, 3.05) is 34.2 Å². The standard InChI is InChI=1S/C13H24N2O4/c1-14(2)11(16)8-15(3)9-13(19)6-4-10(5-7-13)12(17)18/h10,19H,4-9H2,1-3H3,(H,17,18). The highest BCUT2D eigenvalue weighted by molar-refractivity contribution is 5.77. The van der Waals surface area contributed by atoms with E-state index in [2.05, 4.69) is 0 Å². The number of hydrogen-bond donors (Lipinski definition) is 2. The van der Waals surface area contributed by atoms with Gasteiger partial charge in [0, 0.05) is 20.6 Å². The molecule has 0 atom stereocenters. The molecule has 1 aliphatic carbocycles. The molecule has 2 N–H and O–H groups in total. The van der Waals surface area contributed by atoms with E-state index in [1.165, 1.54) is 4.90 Å². The van der Waals surface area contributed by atoms with Crippen molar-refractivity contribution in [1.82, 2.24) is 9.80 Å². The molecule has 0 aromatic heterocycles. The molecule has 0 aliphatic heterocycles. The van der Waals surface area contributed by atoms with Gasteiger partial charge in [-0.05, 0) is 32.7 Å². The second kappa shape index (κ2) is 6.34. The Hall–Kier alpha value is -1.14. The maximum atomic E-state index is 11.6. The third-order valence-electron chi connectivity index (χ3n) is 3.73. The molecule has 1 aliphatic rings. The number of hydrogen-bond acceptors (Lipinski definition) is 4. The van der Waals surface area contributed by atoms with Gasteiger partial charge in [0.2, 0.25) is 5.91 Å². The smallest absolute Gasteiger partial charge is 0.306 e. The van der Waals surface area contributed by atoms with Crippen LogP contribution in [0.15, 0.2) is 0 Å². The Kier molecular flexibility index (Phi) is 5.31. The molecule has 0 saturated heterocycles. The maximum absolute atomic E-state index is 11.6. The SMILES string of the molecule is CN(CC(=O)N(C)C)CC1(O)CCC(C(=O)O)CC1. The van der Waals surface area contributed by atoms with Crippen molar-refractivity contribution < 1.29 is 19.8 Å². The lowest BCUT2D eigenvalue weighted by atomic mass is 9.78. The van der Waals surface area contributed by atoms with E-state index < -0.39 is 11.6 Å². The van der Waals surface area contributed by atoms with Crippen LogP contribution in [0.2, 0.25) is 0 Å². The van der Waals surface area contributed by atoms with Crippen molar-refractivity contribution in [3.8, 4) is 0 Å². The summed E-state index contributed by atoms with van der Waals surface area (Å²) in [6, 6.07) is 0. The van der Waals surface area contributed by atoms with Crippen LogP contribution < -0.4 is 0 Å². The predicted molar refractivity (Wildman–Crippen MR) is 70.7 cm³/mol. The number of amides is 1. The third kappa shape index (κ3) is 4.80. The van der Waals surface area contributed by atoms with E-state index in [1.807, 2.05) is 0 Å². The van der Waals surface area contributed by atoms with Crippen LogP contribution >= 0.6 is 0 Å². The summed E-state index contributed by atoms with van der Waals surface area (Å²) < 4.78 is 0. The van der Waals surface area contributed by atoms with E-state index in [-0.39, 0.29) is 18.4 Å². The van der Waals surface area contributed by atoms with E-state index >= 15 is 0 Å². The monoisotopic (exact) mass is 272 g/mol. The summed E-state index contributed by atoms with van der Waals surface area (Å²) in [6.07, 6.45) is 1.96. The first-order chi connectivity index (χ1) is 8.73. The fourth-order valence-electron chi connectivity index (χ4n) is 2.49. The van der Waals surface area contributed by atoms with Crippen molar-refractivity contribution in [3.63, 3.8) is 0 Å². The van der Waals surface area contributed by atoms with Crippen LogP contribution in [0.25, 0.3) is 0 Å². The minimum absolute atomic E-state index is 0.00896. The Morgan fingerprint density at radius 3 is 2.16 bits per heavy atom. The number of carboxylic acids is 1. The molecule has 0 spiro atoms. The zero-order valence-corrected chi connectivity index (χ0v) is 11.9. The van der Waals surface area contributed by atoms with Crippen LogP contribution in [0.4, 0.5) is 0 Å². The highest BCUT2D eigenvalue weighted by atomic mass is 16.4. The second-order valence-corrected chi connectivity index (χ2v) is 5.80. The molecule has 110 valence electrons. The number of aliphatic carboxylic acids is 1. The van der Waals surface area contributed by atoms with Gasteiger partial charge in [-0.2, -0.15) is 0 Å². The molecule has 0 radical (unpaired) electrons. The van der Waals surface area contributed by atoms with Gasteiger partial charge in [-0.1, -0.05) is 0 Å². The topological polar surface area (TPSA) is 81.1 Å². The first-order valence-electron chi connectivity index (χ1n) is 6.57. The van der Waals surface area contributed by atoms with Gasteiger partial charge >= 0.3 is 5.97 Å². The average Bonchev–Trinajstić information content (AvgIpc) is 2.28. The molecule has 6 heteroatoms. The molecule has 0 heterocycles. The molecular weight excluding hydrogens is 248 g/mol. The van der Waals surface area contributed by atoms with E-state index in [0.29, 0.717) is 32.2 Å². The second-order valence-electron chi connectivity index (χ2n) is 5.80. The van der Waals surface area contributed by atoms with Crippen LogP contribution in [0.1, 0.15) is 25.7 Å². The summed E-state index contributed by atoms with van der Waals surface area (Å²) in [6.45, 7) is 0.663. The van der Waals surface area contributed by atoms with Crippen molar-refractivity contribution in [2.24, 2.45) is 5.92 Å². The summed E-state index contributed by atoms with van der Waals surface area (Å²) in [7, 11) is 5.19. The fourth-order valence-corrected chi connectivity index (χ4v) is 2.49. The molecule has 0 aromatic carbocycles. The predicted octanol–water partition coefficient (Wildman–Crippen LogP) is 0.0123. The molecule has 0 bridgehead atoms. The van der Waals surface area contributed by atoms with Gasteiger partial charge in [0.25, 0.3) is 0 Å². The average molecular weight is 272 g/mol. The lowest BCUT2D eigenvalue weighted by Gasteiger charge is -2.37. The van der Waals surface area contributed by atoms with Gasteiger partial charge < -0.3 is 15.1 Å². The summed E-state index contributed by atoms with van der Waals surface area (Å²) in [5.74, 6) is -1.13. The zero-order valence-electron chi connectivity index (χ0n) is 11.9. The maximum Gasteiger partial charge on any atom is 0.306 e. The Labute approximate surface area is 114 Å². The van der Waals surface area contributed by atoms with E-state index in [0.717, 1.165) is 0 Å². The molecule has 1 amide bonds. The highest BCUT2D eigenvalue weighted by Gasteiger charge is 2.36. The van der Waals surface area contributed by atoms with Crippen LogP contribution in [0, 0.1) is 5.92 Å². The lowest BCUT2D eigenvalue weighted by molar-refractivity contribution is -0.145. The van der Waals surface area contributed by atoms with Gasteiger partial charge in [-0.15, -0.1) is 0 Å². The molecule has 0 unspecified atom stereocenters. The zero-order chi connectivity index (χ0) is 14.6. The summed E-state index contributed by atoms with van der Waals surface area (Å²) in [5, 5.41) is 19.4. The van der Waals surface area contributed by atoms with Gasteiger partial charge in [0.15, 0.2) is 0 Å². The highest BCUT2D eigenvalue weighted by Crippen LogP contribution is 2.32. The molecule has 1 fully saturated rings. The molecule has 19 heavy (non-hydrogen) atoms. The first kappa shape index (κ1) is 15.9. The van der Waals surface area contributed by atoms with E-state index in [1.54, 1.807) is 26.0 Å². The number of rotatable bonds is 5. The molecular formula is C13H24N2O4. The lowest BCUT2D eigenvalue weighted by Crippen LogP contribution is -2.47. The number of carbonyl (C=O) groups excluding carboxylic acids is 1. The van der Waals surface area contributed by atoms with Gasteiger partial charge in [0.05, 0.1) is 18.1 Å². The minimum atomic E-state index is -0.868. The molecule has 6 nitrogen and oxygen atoms in total. The van der Waals surface area contributed by atoms with Crippen molar-refractivity contribution >= 4 is 11.9 Å². The van der Waals surface area contributed by atoms with Crippen molar-refractivity contribution in [3.05, 3.63) is 0 Å². The fraction of sp³-hybridized carbons (Fsp3) is 0.846. The molecule has 0 aromatic rings. The molecule has 1 rings (SSSR count). The Balaban J connectivity index is 2.44. The number of carboxylic acid groups (broad SMARTS) is 1. The number of carbonyl (C=O) groups is 2. The summed E-state index contributed by atoms with van der Waals surface area (Å²) in [5.41, 5.74) is -0.868. The summed E-state index contributed by atoms with van der Waals surface area (Å²) >= 11 is 0. The number of aliphatic hydroxyl groups is 1. The normalized spacial score (nSPS) is 27.3. The van der Waals surface area contributed by atoms with Crippen LogP contribution in [0.3, 0.4) is 0 Å². The van der Waals surface area contributed by atoms with Crippen LogP contribution in [-0.4, -0.2) is 71.7 Å². The van der Waals surface area contributed by atoms with Crippen LogP contribution in [0.5, 0.6) is 0 Å². The Morgan fingerprint density at radius 2 is 1.74 bits per heavy atom.